The number of nitrogen functional groups attached to an aromatic ring is 1. The van der Waals surface area contributed by atoms with Gasteiger partial charge in [0.25, 0.3) is 0 Å². The number of hydrogen-bond donors (Lipinski definition) is 2. The summed E-state index contributed by atoms with van der Waals surface area (Å²) in [5.74, 6) is -2.05. The Morgan fingerprint density at radius 1 is 1.40 bits per heavy atom. The molecule has 10 heteroatoms. The van der Waals surface area contributed by atoms with Crippen molar-refractivity contribution in [3.63, 3.8) is 0 Å². The second-order valence-corrected chi connectivity index (χ2v) is 4.18. The van der Waals surface area contributed by atoms with Crippen molar-refractivity contribution >= 4 is 23.6 Å². The number of carbonyl (C=O) groups excluding carboxylic acids is 2. The van der Waals surface area contributed by atoms with Gasteiger partial charge in [0.15, 0.2) is 5.69 Å². The molecule has 108 valence electrons. The van der Waals surface area contributed by atoms with Gasteiger partial charge in [-0.1, -0.05) is 0 Å². The molecule has 0 saturated carbocycles. The van der Waals surface area contributed by atoms with Gasteiger partial charge in [0, 0.05) is 6.07 Å². The summed E-state index contributed by atoms with van der Waals surface area (Å²) in [6.45, 7) is 1.15. The smallest absolute Gasteiger partial charge is 0.368 e. The second kappa shape index (κ2) is 4.62. The van der Waals surface area contributed by atoms with Crippen molar-refractivity contribution in [3.05, 3.63) is 11.8 Å². The number of carbonyl (C=O) groups is 2. The van der Waals surface area contributed by atoms with Gasteiger partial charge in [-0.2, -0.15) is 18.2 Å². The number of nitrogens with two attached hydrogens (primary N) is 1. The number of nitrogens with zero attached hydrogens (tertiary/aromatic N) is 3. The molecule has 1 aromatic heterocycles. The highest BCUT2D eigenvalue weighted by atomic mass is 19.4. The van der Waals surface area contributed by atoms with Crippen LogP contribution in [0.25, 0.3) is 0 Å². The predicted molar refractivity (Wildman–Crippen MR) is 61.4 cm³/mol. The Morgan fingerprint density at radius 3 is 2.65 bits per heavy atom. The first-order valence-electron chi connectivity index (χ1n) is 5.50. The Balaban J connectivity index is 2.44. The van der Waals surface area contributed by atoms with Crippen LogP contribution in [0.4, 0.5) is 24.9 Å². The number of halogens is 3. The highest BCUT2D eigenvalue weighted by Crippen LogP contribution is 2.30. The zero-order valence-electron chi connectivity index (χ0n) is 10.2. The van der Waals surface area contributed by atoms with Gasteiger partial charge in [-0.3, -0.25) is 14.9 Å². The number of alkyl halides is 3. The number of piperazine rings is 1. The first-order valence-corrected chi connectivity index (χ1v) is 5.50. The molecule has 1 saturated heterocycles. The van der Waals surface area contributed by atoms with Crippen molar-refractivity contribution in [1.82, 2.24) is 15.3 Å². The van der Waals surface area contributed by atoms with Crippen LogP contribution in [0.15, 0.2) is 6.07 Å². The van der Waals surface area contributed by atoms with Gasteiger partial charge in [-0.15, -0.1) is 0 Å². The molecule has 7 nitrogen and oxygen atoms in total. The summed E-state index contributed by atoms with van der Waals surface area (Å²) < 4.78 is 38.0. The van der Waals surface area contributed by atoms with Crippen LogP contribution in [0, 0.1) is 0 Å². The van der Waals surface area contributed by atoms with Crippen LogP contribution >= 0.6 is 0 Å². The molecule has 3 N–H and O–H groups in total. The Morgan fingerprint density at radius 2 is 2.05 bits per heavy atom. The fourth-order valence-electron chi connectivity index (χ4n) is 1.74. The average molecular weight is 289 g/mol. The maximum Gasteiger partial charge on any atom is 0.433 e. The van der Waals surface area contributed by atoms with Crippen LogP contribution in [0.1, 0.15) is 12.6 Å². The van der Waals surface area contributed by atoms with Crippen LogP contribution < -0.4 is 16.0 Å². The maximum atomic E-state index is 12.7. The summed E-state index contributed by atoms with van der Waals surface area (Å²) in [5, 5.41) is 2.07. The minimum absolute atomic E-state index is 0.222. The summed E-state index contributed by atoms with van der Waals surface area (Å²) in [7, 11) is 0. The van der Waals surface area contributed by atoms with Crippen molar-refractivity contribution in [1.29, 1.82) is 0 Å². The van der Waals surface area contributed by atoms with E-state index in [9.17, 15) is 22.8 Å². The van der Waals surface area contributed by atoms with Gasteiger partial charge in [-0.05, 0) is 6.92 Å². The van der Waals surface area contributed by atoms with E-state index in [0.717, 1.165) is 4.90 Å². The van der Waals surface area contributed by atoms with E-state index >= 15 is 0 Å². The first kappa shape index (κ1) is 14.0. The van der Waals surface area contributed by atoms with Crippen molar-refractivity contribution in [3.8, 4) is 0 Å². The molecule has 0 aliphatic carbocycles. The number of hydrogen-bond acceptors (Lipinski definition) is 6. The molecule has 20 heavy (non-hydrogen) atoms. The molecule has 0 radical (unpaired) electrons. The van der Waals surface area contributed by atoms with Gasteiger partial charge >= 0.3 is 6.18 Å². The van der Waals surface area contributed by atoms with E-state index in [1.807, 2.05) is 0 Å². The molecule has 1 aliphatic rings. The van der Waals surface area contributed by atoms with Crippen LogP contribution in [0.5, 0.6) is 0 Å². The lowest BCUT2D eigenvalue weighted by molar-refractivity contribution is -0.141. The number of aromatic nitrogens is 2. The molecule has 0 bridgehead atoms. The molecule has 1 aliphatic heterocycles. The standard InChI is InChI=1S/C10H10F3N5O2/c1-4-8(20)17-7(19)3-18(4)6-2-5(10(11,12)13)15-9(14)16-6/h2,4H,3H2,1H3,(H2,14,15,16)(H,17,19,20). The Hall–Kier alpha value is -2.39. The molecule has 0 spiro atoms. The molecule has 1 atom stereocenters. The van der Waals surface area contributed by atoms with E-state index in [4.69, 9.17) is 5.73 Å². The van der Waals surface area contributed by atoms with Gasteiger partial charge in [-0.25, -0.2) is 4.98 Å². The largest absolute Gasteiger partial charge is 0.433 e. The lowest BCUT2D eigenvalue weighted by Gasteiger charge is -2.32. The lowest BCUT2D eigenvalue weighted by atomic mass is 10.2. The van der Waals surface area contributed by atoms with E-state index < -0.39 is 35.7 Å². The topological polar surface area (TPSA) is 101 Å². The second-order valence-electron chi connectivity index (χ2n) is 4.18. The Kier molecular flexibility index (Phi) is 3.24. The number of rotatable bonds is 1. The number of amides is 2. The summed E-state index contributed by atoms with van der Waals surface area (Å²) in [6, 6.07) is -0.193. The van der Waals surface area contributed by atoms with Gasteiger partial charge in [0.1, 0.15) is 11.9 Å². The first-order chi connectivity index (χ1) is 9.18. The van der Waals surface area contributed by atoms with Crippen molar-refractivity contribution in [2.75, 3.05) is 17.2 Å². The summed E-state index contributed by atoms with van der Waals surface area (Å²) in [6.07, 6.45) is -4.70. The van der Waals surface area contributed by atoms with Gasteiger partial charge in [0.2, 0.25) is 17.8 Å². The molecule has 1 fully saturated rings. The lowest BCUT2D eigenvalue weighted by Crippen LogP contribution is -2.57. The number of anilines is 2. The van der Waals surface area contributed by atoms with Gasteiger partial charge < -0.3 is 10.6 Å². The van der Waals surface area contributed by atoms with Crippen molar-refractivity contribution in [2.24, 2.45) is 0 Å². The quantitative estimate of drug-likeness (QED) is 0.702. The molecular weight excluding hydrogens is 279 g/mol. The highest BCUT2D eigenvalue weighted by molar-refractivity contribution is 6.04. The third-order valence-electron chi connectivity index (χ3n) is 2.74. The summed E-state index contributed by atoms with van der Waals surface area (Å²) in [5.41, 5.74) is 4.01. The molecule has 2 rings (SSSR count). The molecular formula is C10H10F3N5O2. The normalized spacial score (nSPS) is 20.0. The van der Waals surface area contributed by atoms with E-state index in [1.54, 1.807) is 0 Å². The molecule has 1 unspecified atom stereocenters. The van der Waals surface area contributed by atoms with Crippen LogP contribution in [0.3, 0.4) is 0 Å². The average Bonchev–Trinajstić information content (AvgIpc) is 2.32. The van der Waals surface area contributed by atoms with Crippen LogP contribution in [-0.4, -0.2) is 34.4 Å². The summed E-state index contributed by atoms with van der Waals surface area (Å²) >= 11 is 0. The Bertz CT molecular complexity index is 575. The third-order valence-corrected chi connectivity index (χ3v) is 2.74. The molecule has 0 aromatic carbocycles. The van der Waals surface area contributed by atoms with E-state index in [1.165, 1.54) is 6.92 Å². The minimum Gasteiger partial charge on any atom is -0.368 e. The number of nitrogens with one attached hydrogen (secondary N) is 1. The Labute approximate surface area is 111 Å². The molecule has 2 amide bonds. The van der Waals surface area contributed by atoms with Crippen molar-refractivity contribution in [2.45, 2.75) is 19.1 Å². The summed E-state index contributed by atoms with van der Waals surface area (Å²) in [4.78, 5) is 30.7. The minimum atomic E-state index is -4.70. The van der Waals surface area contributed by atoms with Crippen molar-refractivity contribution < 1.29 is 22.8 Å². The predicted octanol–water partition coefficient (Wildman–Crippen LogP) is -0.0711. The fourth-order valence-corrected chi connectivity index (χ4v) is 1.74. The van der Waals surface area contributed by atoms with Crippen LogP contribution in [0.2, 0.25) is 0 Å². The maximum absolute atomic E-state index is 12.7. The zero-order valence-corrected chi connectivity index (χ0v) is 10.2. The monoisotopic (exact) mass is 289 g/mol. The van der Waals surface area contributed by atoms with Gasteiger partial charge in [0.05, 0.1) is 6.54 Å². The zero-order chi connectivity index (χ0) is 15.1. The fraction of sp³-hybridized carbons (Fsp3) is 0.400. The number of imide groups is 1. The van der Waals surface area contributed by atoms with E-state index in [2.05, 4.69) is 15.3 Å². The molecule has 1 aromatic rings. The van der Waals surface area contributed by atoms with E-state index in [-0.39, 0.29) is 12.4 Å². The molecule has 2 heterocycles. The van der Waals surface area contributed by atoms with E-state index in [0.29, 0.717) is 6.07 Å². The van der Waals surface area contributed by atoms with Crippen LogP contribution in [-0.2, 0) is 15.8 Å². The highest BCUT2D eigenvalue weighted by Gasteiger charge is 2.36. The third kappa shape index (κ3) is 2.63. The SMILES string of the molecule is CC1C(=O)NC(=O)CN1c1cc(C(F)(F)F)nc(N)n1.